The molecule has 3 N–H and O–H groups in total. The summed E-state index contributed by atoms with van der Waals surface area (Å²) >= 11 is 3.48. The predicted molar refractivity (Wildman–Crippen MR) is 149 cm³/mol. The maximum Gasteiger partial charge on any atom is 0.303 e. The molecule has 3 aromatic rings. The number of benzene rings is 3. The van der Waals surface area contributed by atoms with Crippen molar-refractivity contribution in [2.24, 2.45) is 0 Å². The number of fused-ring (bicyclic) bond motifs is 1. The number of nitrogens with zero attached hydrogens (tertiary/aromatic N) is 1. The average Bonchev–Trinajstić information content (AvgIpc) is 3.16. The molecule has 1 aliphatic rings. The van der Waals surface area contributed by atoms with Gasteiger partial charge < -0.3 is 20.6 Å². The summed E-state index contributed by atoms with van der Waals surface area (Å²) in [6.07, 6.45) is 2.64. The Bertz CT molecular complexity index is 1280. The van der Waals surface area contributed by atoms with Gasteiger partial charge in [-0.1, -0.05) is 58.4 Å². The van der Waals surface area contributed by atoms with E-state index in [9.17, 15) is 9.59 Å². The van der Waals surface area contributed by atoms with Crippen LogP contribution in [0, 0.1) is 0 Å². The van der Waals surface area contributed by atoms with E-state index in [2.05, 4.69) is 57.7 Å². The number of aliphatic carboxylic acids is 1. The van der Waals surface area contributed by atoms with E-state index in [4.69, 9.17) is 5.11 Å². The van der Waals surface area contributed by atoms with Crippen molar-refractivity contribution < 1.29 is 14.7 Å². The molecule has 1 heterocycles. The second-order valence-electron chi connectivity index (χ2n) is 9.21. The van der Waals surface area contributed by atoms with Crippen molar-refractivity contribution in [2.45, 2.75) is 25.7 Å². The largest absolute Gasteiger partial charge is 0.481 e. The third-order valence-electron chi connectivity index (χ3n) is 6.14. The highest BCUT2D eigenvalue weighted by Crippen LogP contribution is 2.39. The highest BCUT2D eigenvalue weighted by atomic mass is 79.9. The van der Waals surface area contributed by atoms with Crippen molar-refractivity contribution in [2.75, 3.05) is 31.3 Å². The van der Waals surface area contributed by atoms with Gasteiger partial charge in [-0.3, -0.25) is 9.59 Å². The Morgan fingerprint density at radius 2 is 1.64 bits per heavy atom. The zero-order valence-electron chi connectivity index (χ0n) is 20.5. The molecular weight excluding hydrogens is 518 g/mol. The van der Waals surface area contributed by atoms with Crippen LogP contribution in [0.25, 0.3) is 11.3 Å². The Labute approximate surface area is 220 Å². The molecular formula is C29H30BrN3O3. The Morgan fingerprint density at radius 1 is 0.972 bits per heavy atom. The van der Waals surface area contributed by atoms with E-state index in [1.165, 1.54) is 5.56 Å². The number of halogens is 1. The Kier molecular flexibility index (Phi) is 8.23. The van der Waals surface area contributed by atoms with E-state index in [0.29, 0.717) is 17.7 Å². The van der Waals surface area contributed by atoms with Gasteiger partial charge in [0, 0.05) is 22.1 Å². The van der Waals surface area contributed by atoms with Gasteiger partial charge in [-0.25, -0.2) is 0 Å². The van der Waals surface area contributed by atoms with Crippen molar-refractivity contribution in [1.82, 2.24) is 4.90 Å². The second kappa shape index (κ2) is 11.5. The summed E-state index contributed by atoms with van der Waals surface area (Å²) in [6, 6.07) is 21.8. The van der Waals surface area contributed by atoms with Crippen LogP contribution < -0.4 is 10.6 Å². The highest BCUT2D eigenvalue weighted by molar-refractivity contribution is 9.10. The van der Waals surface area contributed by atoms with Crippen LogP contribution in [0.5, 0.6) is 0 Å². The summed E-state index contributed by atoms with van der Waals surface area (Å²) in [7, 11) is 4.16. The zero-order chi connectivity index (χ0) is 25.7. The van der Waals surface area contributed by atoms with Crippen molar-refractivity contribution in [3.63, 3.8) is 0 Å². The van der Waals surface area contributed by atoms with E-state index in [1.54, 1.807) is 0 Å². The van der Waals surface area contributed by atoms with Crippen LogP contribution in [0.1, 0.15) is 35.1 Å². The normalized spacial score (nSPS) is 13.9. The lowest BCUT2D eigenvalue weighted by molar-refractivity contribution is -0.137. The Morgan fingerprint density at radius 3 is 2.31 bits per heavy atom. The van der Waals surface area contributed by atoms with Crippen molar-refractivity contribution in [3.8, 4) is 0 Å². The first kappa shape index (κ1) is 25.7. The first-order valence-electron chi connectivity index (χ1n) is 12.0. The van der Waals surface area contributed by atoms with E-state index in [-0.39, 0.29) is 12.3 Å². The highest BCUT2D eigenvalue weighted by Gasteiger charge is 2.28. The van der Waals surface area contributed by atoms with Gasteiger partial charge in [-0.05, 0) is 80.9 Å². The minimum absolute atomic E-state index is 0.0805. The van der Waals surface area contributed by atoms with E-state index in [1.807, 2.05) is 54.6 Å². The fourth-order valence-electron chi connectivity index (χ4n) is 4.26. The van der Waals surface area contributed by atoms with Crippen LogP contribution >= 0.6 is 15.9 Å². The van der Waals surface area contributed by atoms with Crippen molar-refractivity contribution in [1.29, 1.82) is 0 Å². The van der Waals surface area contributed by atoms with Gasteiger partial charge in [0.1, 0.15) is 0 Å². The second-order valence-corrected chi connectivity index (χ2v) is 10.1. The molecule has 0 radical (unpaired) electrons. The Balaban J connectivity index is 1.67. The lowest BCUT2D eigenvalue weighted by Gasteiger charge is -2.16. The van der Waals surface area contributed by atoms with Crippen LogP contribution in [0.3, 0.4) is 0 Å². The smallest absolute Gasteiger partial charge is 0.303 e. The molecule has 1 amide bonds. The van der Waals surface area contributed by atoms with Crippen LogP contribution in [-0.4, -0.2) is 42.5 Å². The monoisotopic (exact) mass is 547 g/mol. The third kappa shape index (κ3) is 6.42. The van der Waals surface area contributed by atoms with Gasteiger partial charge in [-0.15, -0.1) is 0 Å². The summed E-state index contributed by atoms with van der Waals surface area (Å²) in [5.41, 5.74) is 6.83. The molecule has 1 aliphatic heterocycles. The standard InChI is InChI=1S/C29H30BrN3O3/c1-33(2)17-3-4-19-7-13-23(14-8-19)31-28(21-10-5-20(6-11-21)9-16-26(34)35)27-24-15-12-22(30)18-25(24)32-29(27)36/h5-8,10-15,18,31H,3-4,9,16-17H2,1-2H3,(H,32,36)(H,34,35). The molecule has 0 aromatic heterocycles. The Hall–Kier alpha value is -3.42. The molecule has 0 unspecified atom stereocenters. The van der Waals surface area contributed by atoms with Gasteiger partial charge in [-0.2, -0.15) is 0 Å². The zero-order valence-corrected chi connectivity index (χ0v) is 22.1. The molecule has 0 fully saturated rings. The number of anilines is 2. The summed E-state index contributed by atoms with van der Waals surface area (Å²) in [6.45, 7) is 1.04. The third-order valence-corrected chi connectivity index (χ3v) is 6.63. The minimum atomic E-state index is -0.820. The molecule has 0 spiro atoms. The SMILES string of the molecule is CN(C)CCCc1ccc(NC(=C2C(=O)Nc3cc(Br)ccc32)c2ccc(CCC(=O)O)cc2)cc1. The molecule has 0 aliphatic carbocycles. The molecule has 0 atom stereocenters. The molecule has 0 saturated carbocycles. The van der Waals surface area contributed by atoms with Crippen molar-refractivity contribution >= 4 is 50.5 Å². The number of carboxylic acid groups (broad SMARTS) is 1. The number of hydrogen-bond donors (Lipinski definition) is 3. The molecule has 186 valence electrons. The van der Waals surface area contributed by atoms with Gasteiger partial charge >= 0.3 is 5.97 Å². The van der Waals surface area contributed by atoms with Gasteiger partial charge in [0.25, 0.3) is 5.91 Å². The molecule has 36 heavy (non-hydrogen) atoms. The van der Waals surface area contributed by atoms with Crippen LogP contribution in [0.15, 0.2) is 71.2 Å². The summed E-state index contributed by atoms with van der Waals surface area (Å²) in [4.78, 5) is 26.3. The summed E-state index contributed by atoms with van der Waals surface area (Å²) in [5, 5.41) is 15.5. The number of hydrogen-bond acceptors (Lipinski definition) is 4. The number of carboxylic acids is 1. The predicted octanol–water partition coefficient (Wildman–Crippen LogP) is 5.89. The molecule has 3 aromatic carbocycles. The molecule has 4 rings (SSSR count). The quantitative estimate of drug-likeness (QED) is 0.275. The number of nitrogens with one attached hydrogen (secondary N) is 2. The number of aryl methyl sites for hydroxylation is 2. The lowest BCUT2D eigenvalue weighted by Crippen LogP contribution is -2.13. The van der Waals surface area contributed by atoms with E-state index < -0.39 is 5.97 Å². The van der Waals surface area contributed by atoms with Gasteiger partial charge in [0.2, 0.25) is 0 Å². The fraction of sp³-hybridized carbons (Fsp3) is 0.241. The van der Waals surface area contributed by atoms with Crippen molar-refractivity contribution in [3.05, 3.63) is 93.5 Å². The van der Waals surface area contributed by atoms with E-state index >= 15 is 0 Å². The maximum atomic E-state index is 13.1. The first-order chi connectivity index (χ1) is 17.3. The number of carbonyl (C=O) groups excluding carboxylic acids is 1. The molecule has 6 nitrogen and oxygen atoms in total. The van der Waals surface area contributed by atoms with Gasteiger partial charge in [0.05, 0.1) is 17.0 Å². The van der Waals surface area contributed by atoms with Crippen LogP contribution in [0.4, 0.5) is 11.4 Å². The van der Waals surface area contributed by atoms with Gasteiger partial charge in [0.15, 0.2) is 0 Å². The maximum absolute atomic E-state index is 13.1. The summed E-state index contributed by atoms with van der Waals surface area (Å²) in [5.74, 6) is -0.986. The molecule has 0 saturated heterocycles. The van der Waals surface area contributed by atoms with Crippen LogP contribution in [0.2, 0.25) is 0 Å². The summed E-state index contributed by atoms with van der Waals surface area (Å²) < 4.78 is 0.893. The molecule has 7 heteroatoms. The average molecular weight is 548 g/mol. The number of carbonyl (C=O) groups is 2. The lowest BCUT2D eigenvalue weighted by atomic mass is 9.98. The number of amides is 1. The topological polar surface area (TPSA) is 81.7 Å². The fourth-order valence-corrected chi connectivity index (χ4v) is 4.62. The minimum Gasteiger partial charge on any atom is -0.481 e. The number of rotatable bonds is 10. The molecule has 0 bridgehead atoms. The van der Waals surface area contributed by atoms with Crippen LogP contribution in [-0.2, 0) is 22.4 Å². The first-order valence-corrected chi connectivity index (χ1v) is 12.8. The van der Waals surface area contributed by atoms with E-state index in [0.717, 1.165) is 51.9 Å².